The summed E-state index contributed by atoms with van der Waals surface area (Å²) in [6.45, 7) is 0.366. The Hall–Kier alpha value is -2.65. The monoisotopic (exact) mass is 302 g/mol. The third-order valence-corrected chi connectivity index (χ3v) is 2.96. The Bertz CT molecular complexity index is 685. The number of anilines is 2. The van der Waals surface area contributed by atoms with Crippen molar-refractivity contribution in [3.63, 3.8) is 0 Å². The third-order valence-electron chi connectivity index (χ3n) is 2.77. The molecule has 0 aliphatic carbocycles. The average Bonchev–Trinajstić information content (AvgIpc) is 2.48. The van der Waals surface area contributed by atoms with Crippen molar-refractivity contribution in [1.82, 2.24) is 4.98 Å². The van der Waals surface area contributed by atoms with E-state index in [2.05, 4.69) is 11.1 Å². The second-order valence-corrected chi connectivity index (χ2v) is 4.55. The molecule has 0 radical (unpaired) electrons. The second-order valence-electron chi connectivity index (χ2n) is 4.16. The molecule has 1 aromatic heterocycles. The summed E-state index contributed by atoms with van der Waals surface area (Å²) in [5.74, 6) is 0.343. The van der Waals surface area contributed by atoms with Crippen molar-refractivity contribution < 1.29 is 4.92 Å². The van der Waals surface area contributed by atoms with Crippen molar-refractivity contribution >= 4 is 28.8 Å². The van der Waals surface area contributed by atoms with Crippen LogP contribution in [0.25, 0.3) is 0 Å². The van der Waals surface area contributed by atoms with Gasteiger partial charge in [0.05, 0.1) is 29.5 Å². The molecular formula is C14H11ClN4O2. The molecule has 21 heavy (non-hydrogen) atoms. The number of hydrogen-bond acceptors (Lipinski definition) is 5. The first-order valence-electron chi connectivity index (χ1n) is 6.13. The van der Waals surface area contributed by atoms with Gasteiger partial charge in [-0.15, -0.1) is 0 Å². The van der Waals surface area contributed by atoms with E-state index in [0.717, 1.165) is 5.69 Å². The molecule has 0 amide bonds. The van der Waals surface area contributed by atoms with Gasteiger partial charge in [0.15, 0.2) is 0 Å². The number of para-hydroxylation sites is 1. The fraction of sp³-hybridized carbons (Fsp3) is 0.143. The van der Waals surface area contributed by atoms with Crippen molar-refractivity contribution in [2.75, 3.05) is 11.4 Å². The minimum atomic E-state index is -0.523. The number of aromatic nitrogens is 1. The third kappa shape index (κ3) is 3.68. The largest absolute Gasteiger partial charge is 0.325 e. The van der Waals surface area contributed by atoms with Gasteiger partial charge in [-0.25, -0.2) is 4.98 Å². The number of nitriles is 1. The summed E-state index contributed by atoms with van der Waals surface area (Å²) in [6.07, 6.45) is 0.261. The second kappa shape index (κ2) is 6.68. The average molecular weight is 303 g/mol. The predicted octanol–water partition coefficient (Wildman–Crippen LogP) is 3.69. The Balaban J connectivity index is 2.46. The fourth-order valence-electron chi connectivity index (χ4n) is 1.86. The molecule has 0 saturated carbocycles. The molecule has 0 aliphatic rings. The lowest BCUT2D eigenvalue weighted by atomic mass is 10.2. The van der Waals surface area contributed by atoms with Gasteiger partial charge in [-0.05, 0) is 12.1 Å². The first kappa shape index (κ1) is 14.8. The van der Waals surface area contributed by atoms with Crippen LogP contribution in [-0.4, -0.2) is 16.5 Å². The van der Waals surface area contributed by atoms with Crippen LogP contribution in [0.15, 0.2) is 42.5 Å². The summed E-state index contributed by atoms with van der Waals surface area (Å²) in [5.41, 5.74) is 0.653. The summed E-state index contributed by atoms with van der Waals surface area (Å²) in [7, 11) is 0. The summed E-state index contributed by atoms with van der Waals surface area (Å²) in [4.78, 5) is 16.3. The fourth-order valence-corrected chi connectivity index (χ4v) is 2.06. The van der Waals surface area contributed by atoms with Gasteiger partial charge in [0.1, 0.15) is 11.0 Å². The van der Waals surface area contributed by atoms with E-state index in [1.165, 1.54) is 12.1 Å². The Kier molecular flexibility index (Phi) is 4.69. The minimum absolute atomic E-state index is 0.0390. The van der Waals surface area contributed by atoms with Crippen LogP contribution in [0.4, 0.5) is 17.2 Å². The topological polar surface area (TPSA) is 83.1 Å². The number of nitro groups is 1. The maximum atomic E-state index is 10.9. The van der Waals surface area contributed by atoms with Gasteiger partial charge in [-0.2, -0.15) is 5.26 Å². The number of nitrogens with zero attached hydrogens (tertiary/aromatic N) is 4. The van der Waals surface area contributed by atoms with Gasteiger partial charge in [-0.3, -0.25) is 10.1 Å². The molecule has 0 fully saturated rings. The summed E-state index contributed by atoms with van der Waals surface area (Å²) in [5, 5.41) is 19.7. The smallest absolute Gasteiger partial charge is 0.276 e. The van der Waals surface area contributed by atoms with Crippen LogP contribution < -0.4 is 4.90 Å². The van der Waals surface area contributed by atoms with Crippen LogP contribution in [0.2, 0.25) is 5.15 Å². The summed E-state index contributed by atoms with van der Waals surface area (Å²) >= 11 is 5.85. The standard InChI is InChI=1S/C14H11ClN4O2/c15-13-9-12(19(20)21)10-14(17-13)18(8-4-7-16)11-5-2-1-3-6-11/h1-3,5-6,9-10H,4,8H2. The lowest BCUT2D eigenvalue weighted by Crippen LogP contribution is -2.19. The van der Waals surface area contributed by atoms with Crippen LogP contribution in [0, 0.1) is 21.4 Å². The number of halogens is 1. The van der Waals surface area contributed by atoms with E-state index < -0.39 is 4.92 Å². The van der Waals surface area contributed by atoms with Gasteiger partial charge in [0.25, 0.3) is 5.69 Å². The molecule has 0 saturated heterocycles. The highest BCUT2D eigenvalue weighted by Gasteiger charge is 2.16. The van der Waals surface area contributed by atoms with E-state index in [4.69, 9.17) is 16.9 Å². The number of benzene rings is 1. The highest BCUT2D eigenvalue weighted by atomic mass is 35.5. The normalized spacial score (nSPS) is 9.90. The van der Waals surface area contributed by atoms with E-state index >= 15 is 0 Å². The SMILES string of the molecule is N#CCCN(c1ccccc1)c1cc([N+](=O)[O-])cc(Cl)n1. The molecule has 6 nitrogen and oxygen atoms in total. The van der Waals surface area contributed by atoms with Crippen LogP contribution in [0.5, 0.6) is 0 Å². The Labute approximate surface area is 126 Å². The molecule has 0 atom stereocenters. The van der Waals surface area contributed by atoms with E-state index in [0.29, 0.717) is 12.4 Å². The molecule has 7 heteroatoms. The first-order valence-corrected chi connectivity index (χ1v) is 6.51. The van der Waals surface area contributed by atoms with Gasteiger partial charge >= 0.3 is 0 Å². The Morgan fingerprint density at radius 1 is 1.33 bits per heavy atom. The highest BCUT2D eigenvalue weighted by molar-refractivity contribution is 6.29. The molecule has 0 spiro atoms. The minimum Gasteiger partial charge on any atom is -0.325 e. The Morgan fingerprint density at radius 2 is 2.05 bits per heavy atom. The van der Waals surface area contributed by atoms with Crippen LogP contribution in [-0.2, 0) is 0 Å². The van der Waals surface area contributed by atoms with Crippen molar-refractivity contribution in [3.8, 4) is 6.07 Å². The molecule has 0 aliphatic heterocycles. The maximum absolute atomic E-state index is 10.9. The molecule has 2 rings (SSSR count). The quantitative estimate of drug-likeness (QED) is 0.478. The lowest BCUT2D eigenvalue weighted by Gasteiger charge is -2.22. The molecule has 106 valence electrons. The number of hydrogen-bond donors (Lipinski definition) is 0. The van der Waals surface area contributed by atoms with Gasteiger partial charge < -0.3 is 4.90 Å². The number of rotatable bonds is 5. The van der Waals surface area contributed by atoms with Gasteiger partial charge in [0, 0.05) is 12.2 Å². The van der Waals surface area contributed by atoms with Crippen LogP contribution in [0.1, 0.15) is 6.42 Å². The van der Waals surface area contributed by atoms with Crippen molar-refractivity contribution in [3.05, 3.63) is 57.7 Å². The molecule has 0 bridgehead atoms. The predicted molar refractivity (Wildman–Crippen MR) is 79.6 cm³/mol. The van der Waals surface area contributed by atoms with Gasteiger partial charge in [0.2, 0.25) is 0 Å². The zero-order valence-electron chi connectivity index (χ0n) is 10.9. The number of pyridine rings is 1. The van der Waals surface area contributed by atoms with Gasteiger partial charge in [-0.1, -0.05) is 29.8 Å². The van der Waals surface area contributed by atoms with Crippen molar-refractivity contribution in [1.29, 1.82) is 5.26 Å². The van der Waals surface area contributed by atoms with Crippen molar-refractivity contribution in [2.45, 2.75) is 6.42 Å². The highest BCUT2D eigenvalue weighted by Crippen LogP contribution is 2.28. The summed E-state index contributed by atoms with van der Waals surface area (Å²) in [6, 6.07) is 13.8. The molecule has 0 N–H and O–H groups in total. The van der Waals surface area contributed by atoms with Crippen LogP contribution >= 0.6 is 11.6 Å². The molecule has 1 heterocycles. The zero-order valence-corrected chi connectivity index (χ0v) is 11.7. The zero-order chi connectivity index (χ0) is 15.2. The molecule has 2 aromatic rings. The molecule has 1 aromatic carbocycles. The first-order chi connectivity index (χ1) is 10.1. The molecule has 0 unspecified atom stereocenters. The van der Waals surface area contributed by atoms with Crippen LogP contribution in [0.3, 0.4) is 0 Å². The maximum Gasteiger partial charge on any atom is 0.276 e. The van der Waals surface area contributed by atoms with E-state index in [-0.39, 0.29) is 17.3 Å². The summed E-state index contributed by atoms with van der Waals surface area (Å²) < 4.78 is 0. The lowest BCUT2D eigenvalue weighted by molar-refractivity contribution is -0.384. The van der Waals surface area contributed by atoms with E-state index in [1.807, 2.05) is 30.3 Å². The molecular weight excluding hydrogens is 292 g/mol. The van der Waals surface area contributed by atoms with E-state index in [9.17, 15) is 10.1 Å². The van der Waals surface area contributed by atoms with Crippen molar-refractivity contribution in [2.24, 2.45) is 0 Å². The van der Waals surface area contributed by atoms with E-state index in [1.54, 1.807) is 4.90 Å². The Morgan fingerprint density at radius 3 is 2.67 bits per heavy atom.